The van der Waals surface area contributed by atoms with E-state index in [1.807, 2.05) is 18.2 Å². The summed E-state index contributed by atoms with van der Waals surface area (Å²) in [5.74, 6) is 0. The minimum atomic E-state index is -0.497. The molecule has 0 amide bonds. The summed E-state index contributed by atoms with van der Waals surface area (Å²) in [6.07, 6.45) is 2.92. The molecule has 1 unspecified atom stereocenters. The summed E-state index contributed by atoms with van der Waals surface area (Å²) in [7, 11) is 0. The van der Waals surface area contributed by atoms with Crippen LogP contribution in [-0.4, -0.2) is 23.2 Å². The van der Waals surface area contributed by atoms with E-state index >= 15 is 0 Å². The molecule has 0 aliphatic rings. The molecule has 1 aromatic heterocycles. The second-order valence-electron chi connectivity index (χ2n) is 4.67. The van der Waals surface area contributed by atoms with Gasteiger partial charge in [-0.3, -0.25) is 4.98 Å². The molecule has 1 aromatic carbocycles. The Bertz CT molecular complexity index is 513. The van der Waals surface area contributed by atoms with Crippen LogP contribution in [-0.2, 0) is 0 Å². The number of aliphatic hydroxyl groups is 1. The molecular weight excluding hydrogens is 236 g/mol. The van der Waals surface area contributed by atoms with Crippen LogP contribution in [0.5, 0.6) is 0 Å². The van der Waals surface area contributed by atoms with E-state index < -0.39 is 6.10 Å². The predicted molar refractivity (Wildman–Crippen MR) is 78.3 cm³/mol. The highest BCUT2D eigenvalue weighted by Gasteiger charge is 2.12. The van der Waals surface area contributed by atoms with Gasteiger partial charge in [0.15, 0.2) is 0 Å². The van der Waals surface area contributed by atoms with Gasteiger partial charge in [-0.25, -0.2) is 0 Å². The van der Waals surface area contributed by atoms with Crippen molar-refractivity contribution in [3.8, 4) is 0 Å². The molecule has 2 rings (SSSR count). The summed E-state index contributed by atoms with van der Waals surface area (Å²) >= 11 is 0. The van der Waals surface area contributed by atoms with Crippen molar-refractivity contribution < 1.29 is 5.11 Å². The van der Waals surface area contributed by atoms with Crippen molar-refractivity contribution in [3.63, 3.8) is 0 Å². The maximum absolute atomic E-state index is 10.3. The predicted octanol–water partition coefficient (Wildman–Crippen LogP) is 2.95. The SMILES string of the molecule is CCN(CC(O)c1ccncc1)c1cccc(C)c1. The minimum Gasteiger partial charge on any atom is -0.387 e. The molecule has 19 heavy (non-hydrogen) atoms. The molecule has 1 heterocycles. The summed E-state index contributed by atoms with van der Waals surface area (Å²) in [6.45, 7) is 5.63. The number of aryl methyl sites for hydroxylation is 1. The average molecular weight is 256 g/mol. The molecule has 0 aliphatic carbocycles. The lowest BCUT2D eigenvalue weighted by atomic mass is 10.1. The summed E-state index contributed by atoms with van der Waals surface area (Å²) in [6, 6.07) is 12.1. The van der Waals surface area contributed by atoms with E-state index in [1.165, 1.54) is 5.56 Å². The summed E-state index contributed by atoms with van der Waals surface area (Å²) in [5.41, 5.74) is 3.28. The highest BCUT2D eigenvalue weighted by molar-refractivity contribution is 5.48. The van der Waals surface area contributed by atoms with Gasteiger partial charge in [0.1, 0.15) is 0 Å². The number of anilines is 1. The third kappa shape index (κ3) is 3.55. The van der Waals surface area contributed by atoms with Gasteiger partial charge in [0.05, 0.1) is 6.10 Å². The second kappa shape index (κ2) is 6.34. The summed E-state index contributed by atoms with van der Waals surface area (Å²) < 4.78 is 0. The molecule has 0 saturated heterocycles. The highest BCUT2D eigenvalue weighted by atomic mass is 16.3. The number of aromatic nitrogens is 1. The zero-order valence-electron chi connectivity index (χ0n) is 11.5. The van der Waals surface area contributed by atoms with Gasteiger partial charge in [-0.2, -0.15) is 0 Å². The van der Waals surface area contributed by atoms with Crippen molar-refractivity contribution in [3.05, 3.63) is 59.9 Å². The van der Waals surface area contributed by atoms with Crippen LogP contribution in [0.25, 0.3) is 0 Å². The number of pyridine rings is 1. The number of rotatable bonds is 5. The van der Waals surface area contributed by atoms with Crippen LogP contribution in [0, 0.1) is 6.92 Å². The van der Waals surface area contributed by atoms with Gasteiger partial charge >= 0.3 is 0 Å². The fraction of sp³-hybridized carbons (Fsp3) is 0.312. The second-order valence-corrected chi connectivity index (χ2v) is 4.67. The van der Waals surface area contributed by atoms with Gasteiger partial charge in [-0.15, -0.1) is 0 Å². The fourth-order valence-electron chi connectivity index (χ4n) is 2.14. The fourth-order valence-corrected chi connectivity index (χ4v) is 2.14. The van der Waals surface area contributed by atoms with Crippen LogP contribution in [0.15, 0.2) is 48.8 Å². The van der Waals surface area contributed by atoms with Crippen molar-refractivity contribution in [2.75, 3.05) is 18.0 Å². The van der Waals surface area contributed by atoms with Crippen LogP contribution < -0.4 is 4.90 Å². The Kier molecular flexibility index (Phi) is 4.53. The van der Waals surface area contributed by atoms with Crippen LogP contribution in [0.3, 0.4) is 0 Å². The molecular formula is C16H20N2O. The zero-order chi connectivity index (χ0) is 13.7. The number of aliphatic hydroxyl groups excluding tert-OH is 1. The lowest BCUT2D eigenvalue weighted by molar-refractivity contribution is 0.183. The van der Waals surface area contributed by atoms with Gasteiger partial charge in [-0.1, -0.05) is 12.1 Å². The average Bonchev–Trinajstić information content (AvgIpc) is 2.45. The minimum absolute atomic E-state index is 0.497. The molecule has 3 heteroatoms. The third-order valence-electron chi connectivity index (χ3n) is 3.23. The Labute approximate surface area is 114 Å². The van der Waals surface area contributed by atoms with Gasteiger partial charge in [0.25, 0.3) is 0 Å². The quantitative estimate of drug-likeness (QED) is 0.893. The first-order chi connectivity index (χ1) is 9.20. The third-order valence-corrected chi connectivity index (χ3v) is 3.23. The first kappa shape index (κ1) is 13.6. The van der Waals surface area contributed by atoms with Gasteiger partial charge in [0.2, 0.25) is 0 Å². The van der Waals surface area contributed by atoms with E-state index in [-0.39, 0.29) is 0 Å². The smallest absolute Gasteiger partial charge is 0.0965 e. The first-order valence-electron chi connectivity index (χ1n) is 6.60. The highest BCUT2D eigenvalue weighted by Crippen LogP contribution is 2.20. The molecule has 0 spiro atoms. The van der Waals surface area contributed by atoms with Crippen LogP contribution in [0.2, 0.25) is 0 Å². The van der Waals surface area contributed by atoms with Crippen molar-refractivity contribution in [1.82, 2.24) is 4.98 Å². The molecule has 1 N–H and O–H groups in total. The van der Waals surface area contributed by atoms with E-state index in [2.05, 4.69) is 41.9 Å². The lowest BCUT2D eigenvalue weighted by Crippen LogP contribution is -2.28. The Hall–Kier alpha value is -1.87. The number of benzene rings is 1. The largest absolute Gasteiger partial charge is 0.387 e. The van der Waals surface area contributed by atoms with E-state index in [1.54, 1.807) is 12.4 Å². The molecule has 1 atom stereocenters. The molecule has 2 aromatic rings. The maximum atomic E-state index is 10.3. The Morgan fingerprint density at radius 1 is 1.21 bits per heavy atom. The lowest BCUT2D eigenvalue weighted by Gasteiger charge is -2.26. The van der Waals surface area contributed by atoms with E-state index in [0.29, 0.717) is 6.54 Å². The number of nitrogens with zero attached hydrogens (tertiary/aromatic N) is 2. The molecule has 0 fully saturated rings. The summed E-state index contributed by atoms with van der Waals surface area (Å²) in [4.78, 5) is 6.15. The van der Waals surface area contributed by atoms with E-state index in [9.17, 15) is 5.11 Å². The molecule has 0 radical (unpaired) electrons. The molecule has 100 valence electrons. The molecule has 0 aliphatic heterocycles. The van der Waals surface area contributed by atoms with Gasteiger partial charge in [0, 0.05) is 31.2 Å². The van der Waals surface area contributed by atoms with Crippen LogP contribution in [0.1, 0.15) is 24.2 Å². The zero-order valence-corrected chi connectivity index (χ0v) is 11.5. The number of likely N-dealkylation sites (N-methyl/N-ethyl adjacent to an activating group) is 1. The van der Waals surface area contributed by atoms with Crippen LogP contribution >= 0.6 is 0 Å². The van der Waals surface area contributed by atoms with E-state index in [0.717, 1.165) is 17.8 Å². The normalized spacial score (nSPS) is 12.2. The molecule has 0 saturated carbocycles. The maximum Gasteiger partial charge on any atom is 0.0965 e. The Balaban J connectivity index is 2.11. The Morgan fingerprint density at radius 3 is 2.58 bits per heavy atom. The van der Waals surface area contributed by atoms with Crippen molar-refractivity contribution in [2.45, 2.75) is 20.0 Å². The van der Waals surface area contributed by atoms with Gasteiger partial charge < -0.3 is 10.0 Å². The molecule has 3 nitrogen and oxygen atoms in total. The van der Waals surface area contributed by atoms with Crippen molar-refractivity contribution >= 4 is 5.69 Å². The number of hydrogen-bond acceptors (Lipinski definition) is 3. The topological polar surface area (TPSA) is 36.4 Å². The Morgan fingerprint density at radius 2 is 1.95 bits per heavy atom. The summed E-state index contributed by atoms with van der Waals surface area (Å²) in [5, 5.41) is 10.3. The van der Waals surface area contributed by atoms with Crippen molar-refractivity contribution in [2.24, 2.45) is 0 Å². The number of hydrogen-bond donors (Lipinski definition) is 1. The monoisotopic (exact) mass is 256 g/mol. The van der Waals surface area contributed by atoms with E-state index in [4.69, 9.17) is 0 Å². The first-order valence-corrected chi connectivity index (χ1v) is 6.60. The van der Waals surface area contributed by atoms with Gasteiger partial charge in [-0.05, 0) is 49.2 Å². The van der Waals surface area contributed by atoms with Crippen LogP contribution in [0.4, 0.5) is 5.69 Å². The standard InChI is InChI=1S/C16H20N2O/c1-3-18(15-6-4-5-13(2)11-15)12-16(19)14-7-9-17-10-8-14/h4-11,16,19H,3,12H2,1-2H3. The van der Waals surface area contributed by atoms with Crippen molar-refractivity contribution in [1.29, 1.82) is 0 Å². The molecule has 0 bridgehead atoms.